The molecule has 6 nitrogen and oxygen atoms in total. The van der Waals surface area contributed by atoms with Crippen molar-refractivity contribution in [2.24, 2.45) is 4.99 Å². The van der Waals surface area contributed by atoms with Crippen molar-refractivity contribution in [3.8, 4) is 16.9 Å². The van der Waals surface area contributed by atoms with Gasteiger partial charge < -0.3 is 4.57 Å². The van der Waals surface area contributed by atoms with Crippen LogP contribution in [0, 0.1) is 10.1 Å². The molecule has 0 aliphatic carbocycles. The van der Waals surface area contributed by atoms with E-state index in [9.17, 15) is 10.1 Å². The van der Waals surface area contributed by atoms with Gasteiger partial charge in [-0.1, -0.05) is 30.3 Å². The second kappa shape index (κ2) is 7.35. The minimum absolute atomic E-state index is 0.0670. The summed E-state index contributed by atoms with van der Waals surface area (Å²) in [6.45, 7) is 0. The van der Waals surface area contributed by atoms with Crippen molar-refractivity contribution < 1.29 is 4.92 Å². The molecule has 4 aromatic rings. The lowest BCUT2D eigenvalue weighted by atomic mass is 10.2. The van der Waals surface area contributed by atoms with Gasteiger partial charge in [0.05, 0.1) is 22.5 Å². The molecule has 4 rings (SSSR count). The van der Waals surface area contributed by atoms with Gasteiger partial charge in [-0.25, -0.2) is 9.98 Å². The molecule has 2 aromatic carbocycles. The van der Waals surface area contributed by atoms with E-state index in [1.54, 1.807) is 18.3 Å². The van der Waals surface area contributed by atoms with E-state index in [4.69, 9.17) is 0 Å². The number of non-ortho nitro benzene ring substituents is 1. The van der Waals surface area contributed by atoms with Crippen LogP contribution in [0.5, 0.6) is 0 Å². The largest absolute Gasteiger partial charge is 0.316 e. The second-order valence-electron chi connectivity index (χ2n) is 5.72. The maximum absolute atomic E-state index is 10.8. The number of nitro benzene ring substituents is 1. The number of hydrogen-bond donors (Lipinski definition) is 0. The molecule has 0 spiro atoms. The molecule has 2 heterocycles. The fourth-order valence-electron chi connectivity index (χ4n) is 2.66. The van der Waals surface area contributed by atoms with Crippen LogP contribution < -0.4 is 0 Å². The van der Waals surface area contributed by atoms with Crippen molar-refractivity contribution in [1.29, 1.82) is 0 Å². The maximum Gasteiger partial charge on any atom is 0.269 e. The summed E-state index contributed by atoms with van der Waals surface area (Å²) in [7, 11) is 0. The van der Waals surface area contributed by atoms with E-state index in [2.05, 4.69) is 9.98 Å². The first-order chi connectivity index (χ1) is 13.2. The fraction of sp³-hybridized carbons (Fsp3) is 0. The quantitative estimate of drug-likeness (QED) is 0.272. The zero-order chi connectivity index (χ0) is 18.6. The highest BCUT2D eigenvalue weighted by molar-refractivity contribution is 7.13. The minimum Gasteiger partial charge on any atom is -0.316 e. The van der Waals surface area contributed by atoms with Gasteiger partial charge in [0.2, 0.25) is 5.13 Å². The highest BCUT2D eigenvalue weighted by Crippen LogP contribution is 2.26. The van der Waals surface area contributed by atoms with Gasteiger partial charge in [0.15, 0.2) is 0 Å². The van der Waals surface area contributed by atoms with Crippen LogP contribution in [0.4, 0.5) is 10.8 Å². The molecule has 0 bridgehead atoms. The van der Waals surface area contributed by atoms with Crippen LogP contribution in [0.2, 0.25) is 0 Å². The fourth-order valence-corrected chi connectivity index (χ4v) is 3.33. The monoisotopic (exact) mass is 374 g/mol. The number of thiazole rings is 1. The first-order valence-electron chi connectivity index (χ1n) is 8.18. The molecule has 0 atom stereocenters. The van der Waals surface area contributed by atoms with Crippen LogP contribution in [0.1, 0.15) is 5.69 Å². The van der Waals surface area contributed by atoms with Gasteiger partial charge in [-0.2, -0.15) is 0 Å². The SMILES string of the molecule is O=[N+]([O-])c1ccc(-n2cccc2C=Nc2nc(-c3ccccc3)cs2)cc1. The molecule has 0 N–H and O–H groups in total. The Bertz CT molecular complexity index is 1100. The molecule has 132 valence electrons. The molecule has 0 aliphatic heterocycles. The van der Waals surface area contributed by atoms with Gasteiger partial charge in [0.1, 0.15) is 0 Å². The smallest absolute Gasteiger partial charge is 0.269 e. The van der Waals surface area contributed by atoms with E-state index < -0.39 is 4.92 Å². The molecule has 7 heteroatoms. The molecule has 0 amide bonds. The topological polar surface area (TPSA) is 73.3 Å². The Kier molecular flexibility index (Phi) is 4.59. The van der Waals surface area contributed by atoms with E-state index >= 15 is 0 Å². The zero-order valence-corrected chi connectivity index (χ0v) is 14.9. The summed E-state index contributed by atoms with van der Waals surface area (Å²) >= 11 is 1.48. The molecule has 0 fully saturated rings. The van der Waals surface area contributed by atoms with Crippen molar-refractivity contribution in [1.82, 2.24) is 9.55 Å². The van der Waals surface area contributed by atoms with Crippen molar-refractivity contribution in [3.63, 3.8) is 0 Å². The third-order valence-electron chi connectivity index (χ3n) is 3.99. The standard InChI is InChI=1S/C20H14N4O2S/c25-24(26)17-10-8-16(9-11-17)23-12-4-7-18(23)13-21-20-22-19(14-27-20)15-5-2-1-3-6-15/h1-14H. The summed E-state index contributed by atoms with van der Waals surface area (Å²) in [6, 6.07) is 20.2. The van der Waals surface area contributed by atoms with E-state index in [1.165, 1.54) is 23.5 Å². The number of aromatic nitrogens is 2. The number of nitrogens with zero attached hydrogens (tertiary/aromatic N) is 4. The molecule has 0 aliphatic rings. The summed E-state index contributed by atoms with van der Waals surface area (Å²) in [5.41, 5.74) is 3.72. The molecular weight excluding hydrogens is 360 g/mol. The van der Waals surface area contributed by atoms with Crippen LogP contribution in [-0.2, 0) is 0 Å². The van der Waals surface area contributed by atoms with Gasteiger partial charge in [0, 0.05) is 35.0 Å². The molecular formula is C20H14N4O2S. The Labute approximate surface area is 159 Å². The molecule has 0 saturated carbocycles. The van der Waals surface area contributed by atoms with Crippen LogP contribution in [0.25, 0.3) is 16.9 Å². The van der Waals surface area contributed by atoms with Gasteiger partial charge >= 0.3 is 0 Å². The van der Waals surface area contributed by atoms with E-state index in [0.717, 1.165) is 22.6 Å². The molecule has 0 radical (unpaired) electrons. The highest BCUT2D eigenvalue weighted by atomic mass is 32.1. The average molecular weight is 374 g/mol. The molecule has 0 unspecified atom stereocenters. The van der Waals surface area contributed by atoms with Gasteiger partial charge in [-0.15, -0.1) is 11.3 Å². The molecule has 2 aromatic heterocycles. The molecule has 27 heavy (non-hydrogen) atoms. The number of hydrogen-bond acceptors (Lipinski definition) is 5. The summed E-state index contributed by atoms with van der Waals surface area (Å²) in [5, 5.41) is 13.5. The number of nitro groups is 1. The maximum atomic E-state index is 10.8. The van der Waals surface area contributed by atoms with Gasteiger partial charge in [0.25, 0.3) is 5.69 Å². The Morgan fingerprint density at radius 2 is 1.81 bits per heavy atom. The first-order valence-corrected chi connectivity index (χ1v) is 9.06. The Morgan fingerprint density at radius 1 is 1.04 bits per heavy atom. The van der Waals surface area contributed by atoms with E-state index in [1.807, 2.05) is 58.6 Å². The van der Waals surface area contributed by atoms with E-state index in [0.29, 0.717) is 5.13 Å². The van der Waals surface area contributed by atoms with Crippen molar-refractivity contribution in [3.05, 3.63) is 94.1 Å². The van der Waals surface area contributed by atoms with Crippen molar-refractivity contribution in [2.75, 3.05) is 0 Å². The van der Waals surface area contributed by atoms with Crippen LogP contribution in [-0.4, -0.2) is 20.7 Å². The zero-order valence-electron chi connectivity index (χ0n) is 14.1. The van der Waals surface area contributed by atoms with Crippen molar-refractivity contribution in [2.45, 2.75) is 0 Å². The third kappa shape index (κ3) is 3.68. The predicted molar refractivity (Wildman–Crippen MR) is 107 cm³/mol. The third-order valence-corrected chi connectivity index (χ3v) is 4.74. The van der Waals surface area contributed by atoms with Gasteiger partial charge in [-0.3, -0.25) is 10.1 Å². The molecule has 0 saturated heterocycles. The summed E-state index contributed by atoms with van der Waals surface area (Å²) in [6.07, 6.45) is 3.63. The summed E-state index contributed by atoms with van der Waals surface area (Å²) in [4.78, 5) is 19.4. The minimum atomic E-state index is -0.408. The summed E-state index contributed by atoms with van der Waals surface area (Å²) < 4.78 is 1.92. The Morgan fingerprint density at radius 3 is 2.56 bits per heavy atom. The average Bonchev–Trinajstić information content (AvgIpc) is 3.36. The first kappa shape index (κ1) is 16.9. The van der Waals surface area contributed by atoms with Crippen LogP contribution >= 0.6 is 11.3 Å². The highest BCUT2D eigenvalue weighted by Gasteiger charge is 2.07. The predicted octanol–water partition coefficient (Wildman–Crippen LogP) is 5.26. The lowest BCUT2D eigenvalue weighted by Crippen LogP contribution is -1.98. The van der Waals surface area contributed by atoms with Crippen molar-refractivity contribution >= 4 is 28.4 Å². The lowest BCUT2D eigenvalue weighted by molar-refractivity contribution is -0.384. The van der Waals surface area contributed by atoms with Crippen LogP contribution in [0.15, 0.2) is 83.3 Å². The van der Waals surface area contributed by atoms with E-state index in [-0.39, 0.29) is 5.69 Å². The lowest BCUT2D eigenvalue weighted by Gasteiger charge is -2.05. The summed E-state index contributed by atoms with van der Waals surface area (Å²) in [5.74, 6) is 0. The number of rotatable bonds is 5. The van der Waals surface area contributed by atoms with Gasteiger partial charge in [-0.05, 0) is 24.3 Å². The normalized spacial score (nSPS) is 11.1. The number of aliphatic imine (C=N–C) groups is 1. The van der Waals surface area contributed by atoms with Crippen LogP contribution in [0.3, 0.4) is 0 Å². The Balaban J connectivity index is 1.57. The Hall–Kier alpha value is -3.58. The second-order valence-corrected chi connectivity index (χ2v) is 6.55. The number of benzene rings is 2.